The maximum atomic E-state index is 14.3. The van der Waals surface area contributed by atoms with Gasteiger partial charge < -0.3 is 19.3 Å². The van der Waals surface area contributed by atoms with Crippen LogP contribution in [0.15, 0.2) is 93.9 Å². The number of nitrogens with zero attached hydrogens (tertiary/aromatic N) is 4. The summed E-state index contributed by atoms with van der Waals surface area (Å²) in [6.45, 7) is 5.07. The first-order valence-corrected chi connectivity index (χ1v) is 17.0. The Morgan fingerprint density at radius 3 is 2.49 bits per heavy atom. The lowest BCUT2D eigenvalue weighted by Gasteiger charge is -2.31. The number of sulfone groups is 1. The first-order chi connectivity index (χ1) is 22.7. The average Bonchev–Trinajstić information content (AvgIpc) is 3.47. The van der Waals surface area contributed by atoms with Gasteiger partial charge in [0.25, 0.3) is 5.91 Å². The van der Waals surface area contributed by atoms with Crippen molar-refractivity contribution in [1.29, 1.82) is 0 Å². The van der Waals surface area contributed by atoms with Crippen LogP contribution in [-0.4, -0.2) is 69.1 Å². The van der Waals surface area contributed by atoms with Crippen LogP contribution in [0.1, 0.15) is 50.3 Å². The van der Waals surface area contributed by atoms with Crippen molar-refractivity contribution in [2.75, 3.05) is 32.1 Å². The van der Waals surface area contributed by atoms with Crippen molar-refractivity contribution in [3.63, 3.8) is 0 Å². The Kier molecular flexibility index (Phi) is 12.7. The van der Waals surface area contributed by atoms with E-state index in [-0.39, 0.29) is 35.6 Å². The zero-order chi connectivity index (χ0) is 33.7. The van der Waals surface area contributed by atoms with Gasteiger partial charge in [-0.1, -0.05) is 47.6 Å². The number of hydrogen-bond acceptors (Lipinski definition) is 10. The van der Waals surface area contributed by atoms with Gasteiger partial charge in [-0.3, -0.25) is 10.2 Å². The molecule has 1 aliphatic rings. The van der Waals surface area contributed by atoms with Crippen LogP contribution < -0.4 is 15.6 Å². The third-order valence-corrected chi connectivity index (χ3v) is 9.09. The number of amides is 1. The number of rotatable bonds is 18. The maximum absolute atomic E-state index is 14.3. The second-order valence-electron chi connectivity index (χ2n) is 11.1. The molecule has 0 aliphatic carbocycles. The van der Waals surface area contributed by atoms with Crippen LogP contribution in [-0.2, 0) is 24.1 Å². The minimum atomic E-state index is -3.84. The number of azide groups is 1. The highest BCUT2D eigenvalue weighted by Crippen LogP contribution is 2.45. The molecule has 0 fully saturated rings. The van der Waals surface area contributed by atoms with E-state index in [4.69, 9.17) is 24.3 Å². The summed E-state index contributed by atoms with van der Waals surface area (Å²) in [7, 11) is -3.84. The Morgan fingerprint density at radius 2 is 1.79 bits per heavy atom. The fourth-order valence-corrected chi connectivity index (χ4v) is 6.35. The molecule has 0 radical (unpaired) electrons. The quantitative estimate of drug-likeness (QED) is 0.0561. The summed E-state index contributed by atoms with van der Waals surface area (Å²) in [6, 6.07) is 21.5. The number of benzene rings is 3. The first kappa shape index (κ1) is 35.4. The van der Waals surface area contributed by atoms with Crippen LogP contribution in [0, 0.1) is 0 Å². The number of carbonyl (C=O) groups excluding carboxylic acids is 1. The third-order valence-electron chi connectivity index (χ3n) is 7.36. The van der Waals surface area contributed by atoms with E-state index in [0.29, 0.717) is 49.5 Å². The molecule has 14 heteroatoms. The van der Waals surface area contributed by atoms with E-state index < -0.39 is 33.1 Å². The molecule has 47 heavy (non-hydrogen) atoms. The van der Waals surface area contributed by atoms with E-state index in [1.165, 1.54) is 12.1 Å². The molecule has 3 N–H and O–H groups in total. The lowest BCUT2D eigenvalue weighted by molar-refractivity contribution is -0.130. The molecule has 2 atom stereocenters. The van der Waals surface area contributed by atoms with E-state index in [1.807, 2.05) is 13.8 Å². The molecule has 0 aromatic heterocycles. The highest BCUT2D eigenvalue weighted by Gasteiger charge is 2.54. The lowest BCUT2D eigenvalue weighted by atomic mass is 9.84. The summed E-state index contributed by atoms with van der Waals surface area (Å²) in [5, 5.41) is 12.9. The van der Waals surface area contributed by atoms with Gasteiger partial charge in [-0.15, -0.1) is 0 Å². The van der Waals surface area contributed by atoms with Gasteiger partial charge in [-0.05, 0) is 62.2 Å². The average molecular weight is 665 g/mol. The van der Waals surface area contributed by atoms with Crippen molar-refractivity contribution in [2.24, 2.45) is 10.1 Å². The van der Waals surface area contributed by atoms with Crippen LogP contribution in [0.3, 0.4) is 0 Å². The largest absolute Gasteiger partial charge is 0.494 e. The van der Waals surface area contributed by atoms with Gasteiger partial charge in [0, 0.05) is 54.3 Å². The first-order valence-electron chi connectivity index (χ1n) is 15.4. The number of aliphatic hydroxyl groups is 1. The second-order valence-corrected chi connectivity index (χ2v) is 13.2. The predicted octanol–water partition coefficient (Wildman–Crippen LogP) is 4.95. The van der Waals surface area contributed by atoms with Gasteiger partial charge in [0.2, 0.25) is 5.90 Å². The molecule has 1 heterocycles. The number of aliphatic imine (C=N–C) groups is 1. The minimum absolute atomic E-state index is 0.00611. The highest BCUT2D eigenvalue weighted by atomic mass is 32.2. The molecule has 0 unspecified atom stereocenters. The molecule has 3 aromatic rings. The zero-order valence-corrected chi connectivity index (χ0v) is 27.2. The summed E-state index contributed by atoms with van der Waals surface area (Å²) in [4.78, 5) is 22.2. The molecule has 1 aliphatic heterocycles. The predicted molar refractivity (Wildman–Crippen MR) is 177 cm³/mol. The van der Waals surface area contributed by atoms with Gasteiger partial charge in [-0.2, -0.15) is 0 Å². The standard InChI is InChI=1S/C33H40N6O7S/c1-24(2)44-21-8-19-35-38-32(41)33(18-23-47(42,43)27-10-4-3-5-11-27)30(28-12-6-7-13-29(28)37-39-34)46-31(36-33)25-14-16-26(17-15-25)45-22-9-20-40/h3-7,10-17,24,30,35,40H,8-9,18-23H2,1-2H3,(H,38,41)/t30-,33-/m0/s1. The molecule has 0 saturated carbocycles. The molecule has 0 bridgehead atoms. The molecular formula is C33H40N6O7S. The van der Waals surface area contributed by atoms with Crippen molar-refractivity contribution in [3.8, 4) is 5.75 Å². The van der Waals surface area contributed by atoms with Crippen LogP contribution in [0.2, 0.25) is 0 Å². The van der Waals surface area contributed by atoms with Gasteiger partial charge in [0.05, 0.1) is 23.4 Å². The molecule has 13 nitrogen and oxygen atoms in total. The molecule has 250 valence electrons. The Morgan fingerprint density at radius 1 is 1.06 bits per heavy atom. The number of nitrogens with one attached hydrogen (secondary N) is 2. The summed E-state index contributed by atoms with van der Waals surface area (Å²) in [6.07, 6.45) is -0.256. The van der Waals surface area contributed by atoms with Gasteiger partial charge in [0.15, 0.2) is 21.5 Å². The second kappa shape index (κ2) is 16.9. The topological polar surface area (TPSA) is 184 Å². The Balaban J connectivity index is 1.74. The van der Waals surface area contributed by atoms with Crippen LogP contribution in [0.4, 0.5) is 5.69 Å². The summed E-state index contributed by atoms with van der Waals surface area (Å²) in [5.74, 6) is -0.380. The summed E-state index contributed by atoms with van der Waals surface area (Å²) in [5.41, 5.74) is 14.2. The van der Waals surface area contributed by atoms with E-state index in [2.05, 4.69) is 20.9 Å². The SMILES string of the molecule is CC(C)OCCCNNC(=O)[C@@]1(CCS(=O)(=O)c2ccccc2)N=C(c2ccc(OCCCO)cc2)O[C@H]1c1ccccc1N=[N+]=[N-]. The van der Waals surface area contributed by atoms with Crippen molar-refractivity contribution < 1.29 is 32.5 Å². The van der Waals surface area contributed by atoms with Crippen LogP contribution in [0.5, 0.6) is 5.75 Å². The number of hydrazine groups is 1. The zero-order valence-electron chi connectivity index (χ0n) is 26.4. The minimum Gasteiger partial charge on any atom is -0.494 e. The number of carbonyl (C=O) groups is 1. The number of aliphatic hydroxyl groups excluding tert-OH is 1. The lowest BCUT2D eigenvalue weighted by Crippen LogP contribution is -2.53. The van der Waals surface area contributed by atoms with E-state index >= 15 is 0 Å². The Bertz CT molecular complexity index is 1660. The molecule has 0 spiro atoms. The molecule has 3 aromatic carbocycles. The van der Waals surface area contributed by atoms with Crippen molar-refractivity contribution in [3.05, 3.63) is 100 Å². The molecule has 1 amide bonds. The molecular weight excluding hydrogens is 624 g/mol. The van der Waals surface area contributed by atoms with E-state index in [1.54, 1.807) is 66.7 Å². The maximum Gasteiger partial charge on any atom is 0.266 e. The summed E-state index contributed by atoms with van der Waals surface area (Å²) >= 11 is 0. The fraction of sp³-hybridized carbons (Fsp3) is 0.394. The van der Waals surface area contributed by atoms with E-state index in [0.717, 1.165) is 0 Å². The normalized spacial score (nSPS) is 17.4. The number of ether oxygens (including phenoxy) is 3. The van der Waals surface area contributed by atoms with Gasteiger partial charge >= 0.3 is 0 Å². The number of hydrogen-bond donors (Lipinski definition) is 3. The molecule has 0 saturated heterocycles. The van der Waals surface area contributed by atoms with E-state index in [9.17, 15) is 18.7 Å². The Hall–Kier alpha value is -4.46. The highest BCUT2D eigenvalue weighted by molar-refractivity contribution is 7.91. The Labute approximate surface area is 274 Å². The smallest absolute Gasteiger partial charge is 0.266 e. The van der Waals surface area contributed by atoms with Gasteiger partial charge in [0.1, 0.15) is 5.75 Å². The molecule has 4 rings (SSSR count). The van der Waals surface area contributed by atoms with Gasteiger partial charge in [-0.25, -0.2) is 18.8 Å². The van der Waals surface area contributed by atoms with Crippen molar-refractivity contribution in [1.82, 2.24) is 10.9 Å². The fourth-order valence-electron chi connectivity index (χ4n) is 4.96. The van der Waals surface area contributed by atoms with Crippen molar-refractivity contribution >= 4 is 27.3 Å². The monoisotopic (exact) mass is 664 g/mol. The van der Waals surface area contributed by atoms with Crippen molar-refractivity contribution in [2.45, 2.75) is 55.8 Å². The van der Waals surface area contributed by atoms with Crippen LogP contribution >= 0.6 is 0 Å². The third kappa shape index (κ3) is 9.31. The van der Waals surface area contributed by atoms with Crippen LogP contribution in [0.25, 0.3) is 10.4 Å². The summed E-state index contributed by atoms with van der Waals surface area (Å²) < 4.78 is 44.7.